The van der Waals surface area contributed by atoms with Crippen LogP contribution >= 0.6 is 43.5 Å². The molecular weight excluding hydrogens is 400 g/mol. The van der Waals surface area contributed by atoms with E-state index in [1.165, 1.54) is 0 Å². The minimum atomic E-state index is -0.596. The Labute approximate surface area is 131 Å². The maximum atomic E-state index is 14.2. The molecule has 0 radical (unpaired) electrons. The maximum Gasteiger partial charge on any atom is 0.148 e. The van der Waals surface area contributed by atoms with Gasteiger partial charge in [0.2, 0.25) is 0 Å². The molecule has 1 aromatic carbocycles. The van der Waals surface area contributed by atoms with Crippen molar-refractivity contribution in [3.63, 3.8) is 0 Å². The van der Waals surface area contributed by atoms with Crippen LogP contribution < -0.4 is 11.3 Å². The molecule has 0 aliphatic heterocycles. The third-order valence-electron chi connectivity index (χ3n) is 2.60. The Kier molecular flexibility index (Phi) is 4.92. The Morgan fingerprint density at radius 2 is 2.00 bits per heavy atom. The molecule has 100 valence electrons. The zero-order valence-electron chi connectivity index (χ0n) is 9.50. The van der Waals surface area contributed by atoms with Crippen LogP contribution in [0.3, 0.4) is 0 Å². The molecule has 0 amide bonds. The van der Waals surface area contributed by atoms with Gasteiger partial charge in [0.05, 0.1) is 16.8 Å². The first-order chi connectivity index (χ1) is 9.06. The summed E-state index contributed by atoms with van der Waals surface area (Å²) in [6.45, 7) is 0. The van der Waals surface area contributed by atoms with E-state index in [0.717, 1.165) is 4.47 Å². The third-order valence-corrected chi connectivity index (χ3v) is 4.53. The van der Waals surface area contributed by atoms with Crippen molar-refractivity contribution in [1.29, 1.82) is 0 Å². The molecule has 0 aliphatic rings. The molecule has 2 aromatic rings. The van der Waals surface area contributed by atoms with Gasteiger partial charge in [0, 0.05) is 20.7 Å². The molecule has 1 aromatic heterocycles. The molecule has 0 fully saturated rings. The standard InChI is InChI=1S/C12H9Br2ClFN3/c13-7-4-3-6(10(16)9(7)15)11(19-17)12-8(14)2-1-5-18-12/h1-5,11,19H,17H2. The highest BCUT2D eigenvalue weighted by Gasteiger charge is 2.22. The van der Waals surface area contributed by atoms with Crippen molar-refractivity contribution in [3.05, 3.63) is 61.5 Å². The monoisotopic (exact) mass is 407 g/mol. The second-order valence-corrected chi connectivity index (χ2v) is 5.82. The van der Waals surface area contributed by atoms with Gasteiger partial charge in [-0.25, -0.2) is 9.82 Å². The highest BCUT2D eigenvalue weighted by atomic mass is 79.9. The molecule has 3 N–H and O–H groups in total. The van der Waals surface area contributed by atoms with E-state index in [9.17, 15) is 4.39 Å². The van der Waals surface area contributed by atoms with Gasteiger partial charge in [0.1, 0.15) is 5.82 Å². The van der Waals surface area contributed by atoms with E-state index in [1.807, 2.05) is 6.07 Å². The average Bonchev–Trinajstić information content (AvgIpc) is 2.41. The second kappa shape index (κ2) is 6.28. The molecule has 2 rings (SSSR count). The van der Waals surface area contributed by atoms with Crippen molar-refractivity contribution in [2.45, 2.75) is 6.04 Å². The molecule has 1 heterocycles. The lowest BCUT2D eigenvalue weighted by molar-refractivity contribution is 0.551. The number of nitrogens with one attached hydrogen (secondary N) is 1. The topological polar surface area (TPSA) is 50.9 Å². The zero-order valence-corrected chi connectivity index (χ0v) is 13.4. The number of rotatable bonds is 3. The van der Waals surface area contributed by atoms with Crippen molar-refractivity contribution in [2.24, 2.45) is 5.84 Å². The Morgan fingerprint density at radius 3 is 2.63 bits per heavy atom. The highest BCUT2D eigenvalue weighted by molar-refractivity contribution is 9.10. The molecular formula is C12H9Br2ClFN3. The second-order valence-electron chi connectivity index (χ2n) is 3.73. The minimum absolute atomic E-state index is 0.0183. The van der Waals surface area contributed by atoms with E-state index in [-0.39, 0.29) is 5.02 Å². The van der Waals surface area contributed by atoms with Gasteiger partial charge in [0.25, 0.3) is 0 Å². The minimum Gasteiger partial charge on any atom is -0.271 e. The molecule has 3 nitrogen and oxygen atoms in total. The van der Waals surface area contributed by atoms with Crippen LogP contribution in [0.25, 0.3) is 0 Å². The average molecular weight is 409 g/mol. The molecule has 0 spiro atoms. The number of hydrazine groups is 1. The lowest BCUT2D eigenvalue weighted by atomic mass is 10.0. The molecule has 0 saturated carbocycles. The van der Waals surface area contributed by atoms with Crippen LogP contribution in [0, 0.1) is 5.82 Å². The van der Waals surface area contributed by atoms with E-state index in [1.54, 1.807) is 24.4 Å². The number of aromatic nitrogens is 1. The van der Waals surface area contributed by atoms with Crippen LogP contribution in [0.1, 0.15) is 17.3 Å². The number of pyridine rings is 1. The molecule has 0 bridgehead atoms. The van der Waals surface area contributed by atoms with Crippen molar-refractivity contribution >= 4 is 43.5 Å². The zero-order chi connectivity index (χ0) is 14.0. The van der Waals surface area contributed by atoms with E-state index < -0.39 is 11.9 Å². The van der Waals surface area contributed by atoms with Gasteiger partial charge in [-0.05, 0) is 50.1 Å². The SMILES string of the molecule is NNC(c1ccc(Br)c(Cl)c1F)c1ncccc1Br. The fourth-order valence-electron chi connectivity index (χ4n) is 1.69. The predicted octanol–water partition coefficient (Wildman–Crippen LogP) is 3.95. The fraction of sp³-hybridized carbons (Fsp3) is 0.0833. The first kappa shape index (κ1) is 14.9. The summed E-state index contributed by atoms with van der Waals surface area (Å²) >= 11 is 12.4. The Bertz CT molecular complexity index is 610. The van der Waals surface area contributed by atoms with Crippen LogP contribution in [0.4, 0.5) is 4.39 Å². The maximum absolute atomic E-state index is 14.2. The quantitative estimate of drug-likeness (QED) is 0.459. The summed E-state index contributed by atoms with van der Waals surface area (Å²) in [5.74, 6) is 5.00. The summed E-state index contributed by atoms with van der Waals surface area (Å²) in [7, 11) is 0. The Morgan fingerprint density at radius 1 is 1.26 bits per heavy atom. The number of halogens is 4. The normalized spacial score (nSPS) is 12.5. The number of nitrogens with two attached hydrogens (primary N) is 1. The van der Waals surface area contributed by atoms with Crippen molar-refractivity contribution < 1.29 is 4.39 Å². The number of nitrogens with zero attached hydrogens (tertiary/aromatic N) is 1. The summed E-state index contributed by atoms with van der Waals surface area (Å²) in [6, 6.07) is 6.26. The lowest BCUT2D eigenvalue weighted by Crippen LogP contribution is -2.30. The van der Waals surface area contributed by atoms with Crippen LogP contribution in [-0.2, 0) is 0 Å². The van der Waals surface area contributed by atoms with Gasteiger partial charge in [-0.15, -0.1) is 0 Å². The first-order valence-electron chi connectivity index (χ1n) is 5.26. The van der Waals surface area contributed by atoms with Crippen molar-refractivity contribution in [2.75, 3.05) is 0 Å². The predicted molar refractivity (Wildman–Crippen MR) is 80.2 cm³/mol. The van der Waals surface area contributed by atoms with E-state index >= 15 is 0 Å². The summed E-state index contributed by atoms with van der Waals surface area (Å²) < 4.78 is 15.4. The van der Waals surface area contributed by atoms with Gasteiger partial charge < -0.3 is 0 Å². The number of hydrogen-bond acceptors (Lipinski definition) is 3. The molecule has 1 atom stereocenters. The van der Waals surface area contributed by atoms with E-state index in [2.05, 4.69) is 42.3 Å². The van der Waals surface area contributed by atoms with Crippen LogP contribution in [0.5, 0.6) is 0 Å². The number of hydrogen-bond donors (Lipinski definition) is 2. The molecule has 0 saturated heterocycles. The van der Waals surface area contributed by atoms with E-state index in [4.69, 9.17) is 17.4 Å². The first-order valence-corrected chi connectivity index (χ1v) is 7.22. The molecule has 1 unspecified atom stereocenters. The summed E-state index contributed by atoms with van der Waals surface area (Å²) in [5.41, 5.74) is 3.47. The molecule has 7 heteroatoms. The van der Waals surface area contributed by atoms with Gasteiger partial charge in [-0.1, -0.05) is 17.7 Å². The molecule has 0 aliphatic carbocycles. The fourth-order valence-corrected chi connectivity index (χ4v) is 2.65. The van der Waals surface area contributed by atoms with Crippen LogP contribution in [0.2, 0.25) is 5.02 Å². The van der Waals surface area contributed by atoms with Crippen molar-refractivity contribution in [3.8, 4) is 0 Å². The number of benzene rings is 1. The van der Waals surface area contributed by atoms with Gasteiger partial charge in [-0.2, -0.15) is 0 Å². The van der Waals surface area contributed by atoms with Crippen LogP contribution in [-0.4, -0.2) is 4.98 Å². The Hall–Kier alpha value is -0.530. The van der Waals surface area contributed by atoms with E-state index in [0.29, 0.717) is 15.7 Å². The third kappa shape index (κ3) is 2.98. The summed E-state index contributed by atoms with van der Waals surface area (Å²) in [5, 5.41) is 0.0183. The summed E-state index contributed by atoms with van der Waals surface area (Å²) in [6.07, 6.45) is 1.61. The van der Waals surface area contributed by atoms with Crippen LogP contribution in [0.15, 0.2) is 39.4 Å². The largest absolute Gasteiger partial charge is 0.271 e. The smallest absolute Gasteiger partial charge is 0.148 e. The van der Waals surface area contributed by atoms with Gasteiger partial charge in [0.15, 0.2) is 0 Å². The highest BCUT2D eigenvalue weighted by Crippen LogP contribution is 2.33. The Balaban J connectivity index is 2.55. The van der Waals surface area contributed by atoms with Gasteiger partial charge in [-0.3, -0.25) is 10.8 Å². The molecule has 19 heavy (non-hydrogen) atoms. The summed E-state index contributed by atoms with van der Waals surface area (Å²) in [4.78, 5) is 4.21. The van der Waals surface area contributed by atoms with Gasteiger partial charge >= 0.3 is 0 Å². The lowest BCUT2D eigenvalue weighted by Gasteiger charge is -2.18. The van der Waals surface area contributed by atoms with Crippen molar-refractivity contribution in [1.82, 2.24) is 10.4 Å².